The minimum absolute atomic E-state index is 0.637. The van der Waals surface area contributed by atoms with E-state index >= 15 is 0 Å². The van der Waals surface area contributed by atoms with Gasteiger partial charge in [-0.15, -0.1) is 0 Å². The number of halogens is 1. The Hall–Kier alpha value is -0.510. The second-order valence-corrected chi connectivity index (χ2v) is 5.83. The molecular weight excluding hydrogens is 206 g/mol. The van der Waals surface area contributed by atoms with E-state index in [0.717, 1.165) is 0 Å². The summed E-state index contributed by atoms with van der Waals surface area (Å²) in [6, 6.07) is 6.89. The zero-order chi connectivity index (χ0) is 10.1. The Labute approximate surface area is 84.3 Å². The van der Waals surface area contributed by atoms with E-state index in [2.05, 4.69) is 5.87 Å². The molecule has 1 aromatic carbocycles. The summed E-state index contributed by atoms with van der Waals surface area (Å²) < 4.78 is 13.6. The average Bonchev–Trinajstić information content (AvgIpc) is 2.04. The molecule has 1 aromatic rings. The summed E-state index contributed by atoms with van der Waals surface area (Å²) in [5, 5.41) is 0.637. The van der Waals surface area contributed by atoms with Crippen molar-refractivity contribution >= 4 is 27.2 Å². The molecule has 1 rings (SSSR count). The number of nitrogens with zero attached hydrogens (tertiary/aromatic N) is 1. The van der Waals surface area contributed by atoms with E-state index in [1.807, 2.05) is 0 Å². The maximum Gasteiger partial charge on any atom is 0.0553 e. The van der Waals surface area contributed by atoms with E-state index in [0.29, 0.717) is 9.92 Å². The van der Waals surface area contributed by atoms with Gasteiger partial charge in [0.05, 0.1) is 9.71 Å². The first-order chi connectivity index (χ1) is 5.94. The number of benzene rings is 1. The van der Waals surface area contributed by atoms with Gasteiger partial charge < -0.3 is 0 Å². The van der Waals surface area contributed by atoms with Crippen molar-refractivity contribution in [2.45, 2.75) is 4.90 Å². The summed E-state index contributed by atoms with van der Waals surface area (Å²) >= 11 is 5.71. The van der Waals surface area contributed by atoms with Crippen LogP contribution in [0.3, 0.4) is 0 Å². The lowest BCUT2D eigenvalue weighted by molar-refractivity contribution is 0.599. The quantitative estimate of drug-likeness (QED) is 0.693. The molecule has 0 N–H and O–H groups in total. The van der Waals surface area contributed by atoms with E-state index in [9.17, 15) is 4.21 Å². The molecule has 1 unspecified atom stereocenters. The topological polar surface area (TPSA) is 20.3 Å². The molecule has 13 heavy (non-hydrogen) atoms. The largest absolute Gasteiger partial charge is 0.248 e. The first-order valence-electron chi connectivity index (χ1n) is 3.75. The third-order valence-corrected chi connectivity index (χ3v) is 4.21. The van der Waals surface area contributed by atoms with Crippen LogP contribution in [0, 0.1) is 0 Å². The molecule has 0 radical (unpaired) electrons. The highest BCUT2D eigenvalue weighted by molar-refractivity contribution is 7.98. The Morgan fingerprint density at radius 1 is 1.31 bits per heavy atom. The number of hydrogen-bond acceptors (Lipinski definition) is 1. The molecule has 4 heteroatoms. The summed E-state index contributed by atoms with van der Waals surface area (Å²) in [6.07, 6.45) is 0. The average molecular weight is 218 g/mol. The lowest BCUT2D eigenvalue weighted by Gasteiger charge is -2.16. The monoisotopic (exact) mass is 217 g/mol. The molecule has 0 aliphatic carbocycles. The van der Waals surface area contributed by atoms with Crippen LogP contribution >= 0.6 is 11.6 Å². The highest BCUT2D eigenvalue weighted by Crippen LogP contribution is 2.16. The summed E-state index contributed by atoms with van der Waals surface area (Å²) in [7, 11) is 1.16. The molecule has 0 saturated heterocycles. The van der Waals surface area contributed by atoms with Gasteiger partial charge in [-0.3, -0.25) is 0 Å². The van der Waals surface area contributed by atoms with Gasteiger partial charge in [-0.2, -0.15) is 0 Å². The summed E-state index contributed by atoms with van der Waals surface area (Å²) in [5.74, 6) is 3.68. The zero-order valence-electron chi connectivity index (χ0n) is 7.66. The first kappa shape index (κ1) is 10.6. The van der Waals surface area contributed by atoms with Gasteiger partial charge in [-0.25, -0.2) is 8.51 Å². The van der Waals surface area contributed by atoms with Crippen LogP contribution in [-0.2, 0) is 9.71 Å². The second kappa shape index (κ2) is 3.70. The lowest BCUT2D eigenvalue weighted by Crippen LogP contribution is -2.21. The smallest absolute Gasteiger partial charge is 0.0553 e. The van der Waals surface area contributed by atoms with Gasteiger partial charge in [0.25, 0.3) is 0 Å². The van der Waals surface area contributed by atoms with Crippen LogP contribution < -0.4 is 0 Å². The van der Waals surface area contributed by atoms with Gasteiger partial charge >= 0.3 is 0 Å². The van der Waals surface area contributed by atoms with Crippen molar-refractivity contribution in [2.24, 2.45) is 0 Å². The fourth-order valence-corrected chi connectivity index (χ4v) is 1.97. The van der Waals surface area contributed by atoms with Gasteiger partial charge in [-0.05, 0) is 44.2 Å². The Kier molecular flexibility index (Phi) is 3.01. The van der Waals surface area contributed by atoms with Gasteiger partial charge in [0, 0.05) is 9.92 Å². The van der Waals surface area contributed by atoms with E-state index in [1.54, 1.807) is 42.7 Å². The molecular formula is C9H12ClNOS. The maximum absolute atomic E-state index is 12.0. The van der Waals surface area contributed by atoms with Crippen molar-refractivity contribution in [3.63, 3.8) is 0 Å². The summed E-state index contributed by atoms with van der Waals surface area (Å²) in [6.45, 7) is 0. The van der Waals surface area contributed by atoms with Crippen molar-refractivity contribution < 1.29 is 4.21 Å². The Balaban J connectivity index is 3.17. The molecule has 0 spiro atoms. The zero-order valence-corrected chi connectivity index (χ0v) is 9.23. The van der Waals surface area contributed by atoms with Crippen molar-refractivity contribution in [3.8, 4) is 0 Å². The van der Waals surface area contributed by atoms with Crippen molar-refractivity contribution in [1.29, 1.82) is 0 Å². The van der Waals surface area contributed by atoms with Gasteiger partial charge in [0.15, 0.2) is 0 Å². The number of rotatable bonds is 2. The van der Waals surface area contributed by atoms with Crippen LogP contribution in [0.4, 0.5) is 0 Å². The van der Waals surface area contributed by atoms with Crippen LogP contribution in [0.5, 0.6) is 0 Å². The normalized spacial score (nSPS) is 15.7. The van der Waals surface area contributed by atoms with Gasteiger partial charge in [-0.1, -0.05) is 11.6 Å². The van der Waals surface area contributed by atoms with E-state index in [-0.39, 0.29) is 0 Å². The molecule has 72 valence electrons. The predicted octanol–water partition coefficient (Wildman–Crippen LogP) is 1.89. The fraction of sp³-hybridized carbons (Fsp3) is 0.222. The SMILES string of the molecule is C=S(=O)(c1ccc(Cl)cc1)N(C)C. The lowest BCUT2D eigenvalue weighted by atomic mass is 10.4. The van der Waals surface area contributed by atoms with E-state index in [1.165, 1.54) is 0 Å². The maximum atomic E-state index is 12.0. The predicted molar refractivity (Wildman–Crippen MR) is 58.7 cm³/mol. The van der Waals surface area contributed by atoms with E-state index in [4.69, 9.17) is 11.6 Å². The molecule has 0 heterocycles. The van der Waals surface area contributed by atoms with Gasteiger partial charge in [0.2, 0.25) is 0 Å². The molecule has 0 fully saturated rings. The van der Waals surface area contributed by atoms with Crippen molar-refractivity contribution in [1.82, 2.24) is 4.31 Å². The third-order valence-electron chi connectivity index (χ3n) is 1.77. The molecule has 2 nitrogen and oxygen atoms in total. The molecule has 0 aliphatic heterocycles. The summed E-state index contributed by atoms with van der Waals surface area (Å²) in [5.41, 5.74) is 0. The van der Waals surface area contributed by atoms with Crippen molar-refractivity contribution in [3.05, 3.63) is 29.3 Å². The van der Waals surface area contributed by atoms with Crippen LogP contribution in [0.2, 0.25) is 5.02 Å². The molecule has 0 aliphatic rings. The highest BCUT2D eigenvalue weighted by atomic mass is 35.5. The summed E-state index contributed by atoms with van der Waals surface area (Å²) in [4.78, 5) is 0.696. The first-order valence-corrected chi connectivity index (χ1v) is 5.81. The molecule has 0 bridgehead atoms. The third kappa shape index (κ3) is 2.24. The van der Waals surface area contributed by atoms with Crippen LogP contribution in [0.15, 0.2) is 29.2 Å². The Bertz CT molecular complexity index is 381. The van der Waals surface area contributed by atoms with Gasteiger partial charge in [0.1, 0.15) is 0 Å². The Morgan fingerprint density at radius 3 is 2.15 bits per heavy atom. The molecule has 1 atom stereocenters. The van der Waals surface area contributed by atoms with Crippen LogP contribution in [-0.4, -0.2) is 28.5 Å². The Morgan fingerprint density at radius 2 is 1.77 bits per heavy atom. The highest BCUT2D eigenvalue weighted by Gasteiger charge is 2.09. The molecule has 0 amide bonds. The minimum Gasteiger partial charge on any atom is -0.248 e. The second-order valence-electron chi connectivity index (χ2n) is 2.91. The standard InChI is InChI=1S/C9H12ClNOS/c1-11(2)13(3,12)9-6-4-8(10)5-7-9/h4-7H,3H2,1-2H3. The van der Waals surface area contributed by atoms with Crippen LogP contribution in [0.1, 0.15) is 0 Å². The molecule has 0 saturated carbocycles. The van der Waals surface area contributed by atoms with Crippen LogP contribution in [0.25, 0.3) is 0 Å². The van der Waals surface area contributed by atoms with E-state index < -0.39 is 9.71 Å². The number of hydrogen-bond donors (Lipinski definition) is 0. The fourth-order valence-electron chi connectivity index (χ4n) is 0.858. The molecule has 0 aromatic heterocycles. The van der Waals surface area contributed by atoms with Crippen molar-refractivity contribution in [2.75, 3.05) is 14.1 Å². The minimum atomic E-state index is -2.32.